The summed E-state index contributed by atoms with van der Waals surface area (Å²) in [5.41, 5.74) is 0.912. The first-order valence-electron chi connectivity index (χ1n) is 7.12. The van der Waals surface area contributed by atoms with Crippen molar-refractivity contribution >= 4 is 38.6 Å². The number of amides is 1. The fraction of sp³-hybridized carbons (Fsp3) is 0.400. The Hall–Kier alpha value is -1.69. The van der Waals surface area contributed by atoms with E-state index in [0.717, 1.165) is 40.7 Å². The van der Waals surface area contributed by atoms with E-state index >= 15 is 0 Å². The number of rotatable bonds is 3. The van der Waals surface area contributed by atoms with Crippen molar-refractivity contribution in [3.05, 3.63) is 29.0 Å². The maximum Gasteiger partial charge on any atom is 0.222 e. The average molecular weight is 349 g/mol. The van der Waals surface area contributed by atoms with E-state index in [1.807, 2.05) is 30.0 Å². The summed E-state index contributed by atoms with van der Waals surface area (Å²) in [4.78, 5) is 22.3. The third-order valence-corrected chi connectivity index (χ3v) is 4.27. The number of hydrogen-bond donors (Lipinski definition) is 1. The first-order valence-corrected chi connectivity index (χ1v) is 7.91. The van der Waals surface area contributed by atoms with Gasteiger partial charge in [0.15, 0.2) is 0 Å². The zero-order chi connectivity index (χ0) is 14.8. The van der Waals surface area contributed by atoms with E-state index < -0.39 is 0 Å². The minimum atomic E-state index is 0.217. The molecule has 1 aliphatic rings. The zero-order valence-electron chi connectivity index (χ0n) is 11.8. The normalized spacial score (nSPS) is 18.2. The summed E-state index contributed by atoms with van der Waals surface area (Å²) in [6.07, 6.45) is 3.09. The molecule has 1 atom stereocenters. The predicted octanol–water partition coefficient (Wildman–Crippen LogP) is 2.82. The molecule has 1 amide bonds. The van der Waals surface area contributed by atoms with E-state index in [1.54, 1.807) is 6.33 Å². The second-order valence-electron chi connectivity index (χ2n) is 5.21. The number of anilines is 1. The molecule has 0 bridgehead atoms. The average Bonchev–Trinajstić information content (AvgIpc) is 2.95. The van der Waals surface area contributed by atoms with Gasteiger partial charge in [-0.3, -0.25) is 4.79 Å². The highest BCUT2D eigenvalue weighted by Gasteiger charge is 2.25. The van der Waals surface area contributed by atoms with Crippen molar-refractivity contribution in [3.63, 3.8) is 0 Å². The molecule has 1 saturated heterocycles. The lowest BCUT2D eigenvalue weighted by Crippen LogP contribution is -2.31. The summed E-state index contributed by atoms with van der Waals surface area (Å²) in [6.45, 7) is 3.46. The number of carbonyl (C=O) groups excluding carboxylic acids is 1. The lowest BCUT2D eigenvalue weighted by atomic mass is 10.2. The molecular formula is C15H17BrN4O. The lowest BCUT2D eigenvalue weighted by Gasteiger charge is -2.17. The van der Waals surface area contributed by atoms with Crippen LogP contribution in [0.4, 0.5) is 5.82 Å². The van der Waals surface area contributed by atoms with Crippen LogP contribution in [0.5, 0.6) is 0 Å². The van der Waals surface area contributed by atoms with Crippen molar-refractivity contribution < 1.29 is 4.79 Å². The van der Waals surface area contributed by atoms with Crippen molar-refractivity contribution in [1.29, 1.82) is 0 Å². The first-order chi connectivity index (χ1) is 10.2. The number of benzene rings is 1. The number of nitrogens with zero attached hydrogens (tertiary/aromatic N) is 3. The molecule has 1 fully saturated rings. The third kappa shape index (κ3) is 3.00. The van der Waals surface area contributed by atoms with Gasteiger partial charge >= 0.3 is 0 Å². The fourth-order valence-electron chi connectivity index (χ4n) is 2.67. The molecule has 0 saturated carbocycles. The molecule has 6 heteroatoms. The van der Waals surface area contributed by atoms with Gasteiger partial charge < -0.3 is 10.2 Å². The maximum absolute atomic E-state index is 11.7. The Labute approximate surface area is 131 Å². The highest BCUT2D eigenvalue weighted by atomic mass is 79.9. The molecule has 2 heterocycles. The molecule has 110 valence electrons. The van der Waals surface area contributed by atoms with E-state index in [9.17, 15) is 4.79 Å². The minimum Gasteiger partial charge on any atom is -0.365 e. The van der Waals surface area contributed by atoms with Crippen molar-refractivity contribution in [1.82, 2.24) is 14.9 Å². The van der Waals surface area contributed by atoms with E-state index in [0.29, 0.717) is 6.42 Å². The van der Waals surface area contributed by atoms with Crippen LogP contribution in [0.1, 0.15) is 19.8 Å². The largest absolute Gasteiger partial charge is 0.365 e. The van der Waals surface area contributed by atoms with Crippen molar-refractivity contribution in [2.24, 2.45) is 0 Å². The summed E-state index contributed by atoms with van der Waals surface area (Å²) in [7, 11) is 0. The Kier molecular flexibility index (Phi) is 4.05. The van der Waals surface area contributed by atoms with Crippen LogP contribution in [0.25, 0.3) is 10.9 Å². The first kappa shape index (κ1) is 14.3. The zero-order valence-corrected chi connectivity index (χ0v) is 13.4. The van der Waals surface area contributed by atoms with E-state index in [-0.39, 0.29) is 11.9 Å². The highest BCUT2D eigenvalue weighted by Crippen LogP contribution is 2.25. The molecule has 1 aliphatic heterocycles. The van der Waals surface area contributed by atoms with Gasteiger partial charge in [0.25, 0.3) is 0 Å². The van der Waals surface area contributed by atoms with Crippen LogP contribution in [0.15, 0.2) is 29.0 Å². The van der Waals surface area contributed by atoms with Crippen LogP contribution < -0.4 is 5.32 Å². The predicted molar refractivity (Wildman–Crippen MR) is 86.1 cm³/mol. The van der Waals surface area contributed by atoms with E-state index in [4.69, 9.17) is 0 Å². The van der Waals surface area contributed by atoms with Crippen molar-refractivity contribution in [2.45, 2.75) is 25.8 Å². The maximum atomic E-state index is 11.7. The molecule has 21 heavy (non-hydrogen) atoms. The smallest absolute Gasteiger partial charge is 0.222 e. The lowest BCUT2D eigenvalue weighted by molar-refractivity contribution is -0.129. The van der Waals surface area contributed by atoms with Crippen LogP contribution in [-0.2, 0) is 4.79 Å². The number of halogens is 1. The van der Waals surface area contributed by atoms with E-state index in [1.165, 1.54) is 0 Å². The van der Waals surface area contributed by atoms with Crippen LogP contribution in [-0.4, -0.2) is 39.9 Å². The Morgan fingerprint density at radius 1 is 1.48 bits per heavy atom. The molecule has 0 spiro atoms. The molecule has 0 aliphatic carbocycles. The summed E-state index contributed by atoms with van der Waals surface area (Å²) in [6, 6.07) is 6.20. The molecule has 2 aromatic rings. The van der Waals surface area contributed by atoms with Gasteiger partial charge in [-0.2, -0.15) is 0 Å². The minimum absolute atomic E-state index is 0.217. The second-order valence-corrected chi connectivity index (χ2v) is 6.12. The molecule has 1 aromatic carbocycles. The van der Waals surface area contributed by atoms with Gasteiger partial charge in [0.1, 0.15) is 12.1 Å². The number of hydrogen-bond acceptors (Lipinski definition) is 4. The third-order valence-electron chi connectivity index (χ3n) is 3.78. The topological polar surface area (TPSA) is 58.1 Å². The van der Waals surface area contributed by atoms with Gasteiger partial charge in [0.2, 0.25) is 5.91 Å². The van der Waals surface area contributed by atoms with Gasteiger partial charge in [-0.1, -0.05) is 22.9 Å². The fourth-order valence-corrected chi connectivity index (χ4v) is 3.03. The number of likely N-dealkylation sites (tertiary alicyclic amines) is 1. The second kappa shape index (κ2) is 5.97. The Morgan fingerprint density at radius 3 is 3.14 bits per heavy atom. The standard InChI is InChI=1S/C15H17BrN4O/c1-2-14(21)20-6-5-11(8-20)19-15-12-7-10(16)3-4-13(12)17-9-18-15/h3-4,7,9,11H,2,5-6,8H2,1H3,(H,17,18,19). The monoisotopic (exact) mass is 348 g/mol. The quantitative estimate of drug-likeness (QED) is 0.926. The molecule has 1 aromatic heterocycles. The summed E-state index contributed by atoms with van der Waals surface area (Å²) in [5, 5.41) is 4.45. The molecule has 3 rings (SSSR count). The Morgan fingerprint density at radius 2 is 2.33 bits per heavy atom. The number of carbonyl (C=O) groups is 1. The molecule has 1 N–H and O–H groups in total. The number of aromatic nitrogens is 2. The van der Waals surface area contributed by atoms with Crippen LogP contribution in [0.3, 0.4) is 0 Å². The summed E-state index contributed by atoms with van der Waals surface area (Å²) >= 11 is 3.48. The number of nitrogens with one attached hydrogen (secondary N) is 1. The molecule has 0 radical (unpaired) electrons. The Balaban J connectivity index is 1.80. The van der Waals surface area contributed by atoms with Crippen LogP contribution in [0, 0.1) is 0 Å². The highest BCUT2D eigenvalue weighted by molar-refractivity contribution is 9.10. The SMILES string of the molecule is CCC(=O)N1CCC(Nc2ncnc3ccc(Br)cc23)C1. The van der Waals surface area contributed by atoms with Crippen LogP contribution >= 0.6 is 15.9 Å². The Bertz CT molecular complexity index is 676. The molecule has 5 nitrogen and oxygen atoms in total. The molecular weight excluding hydrogens is 332 g/mol. The van der Waals surface area contributed by atoms with Gasteiger partial charge in [0, 0.05) is 35.4 Å². The summed E-state index contributed by atoms with van der Waals surface area (Å²) < 4.78 is 1.00. The van der Waals surface area contributed by atoms with Crippen LogP contribution in [0.2, 0.25) is 0 Å². The molecule has 1 unspecified atom stereocenters. The van der Waals surface area contributed by atoms with Gasteiger partial charge in [0.05, 0.1) is 5.52 Å². The van der Waals surface area contributed by atoms with Gasteiger partial charge in [-0.15, -0.1) is 0 Å². The van der Waals surface area contributed by atoms with Crippen molar-refractivity contribution in [2.75, 3.05) is 18.4 Å². The number of fused-ring (bicyclic) bond motifs is 1. The van der Waals surface area contributed by atoms with Gasteiger partial charge in [-0.25, -0.2) is 9.97 Å². The summed E-state index contributed by atoms with van der Waals surface area (Å²) in [5.74, 6) is 1.05. The van der Waals surface area contributed by atoms with Crippen molar-refractivity contribution in [3.8, 4) is 0 Å². The van der Waals surface area contributed by atoms with Gasteiger partial charge in [-0.05, 0) is 24.6 Å². The van der Waals surface area contributed by atoms with E-state index in [2.05, 4.69) is 31.2 Å².